The number of sulfonamides is 1. The summed E-state index contributed by atoms with van der Waals surface area (Å²) in [5, 5.41) is 6.82. The molecule has 3 rings (SSSR count). The van der Waals surface area contributed by atoms with Crippen molar-refractivity contribution in [2.45, 2.75) is 43.9 Å². The summed E-state index contributed by atoms with van der Waals surface area (Å²) in [5.74, 6) is 0.182. The Kier molecular flexibility index (Phi) is 7.09. The van der Waals surface area contributed by atoms with Crippen LogP contribution in [-0.4, -0.2) is 38.3 Å². The molecule has 0 aliphatic carbocycles. The number of piperidine rings is 1. The van der Waals surface area contributed by atoms with Crippen molar-refractivity contribution in [3.05, 3.63) is 40.6 Å². The number of anilines is 1. The Morgan fingerprint density at radius 3 is 2.68 bits per heavy atom. The van der Waals surface area contributed by atoms with Gasteiger partial charge in [-0.1, -0.05) is 6.42 Å². The van der Waals surface area contributed by atoms with Gasteiger partial charge >= 0.3 is 0 Å². The average molecular weight is 423 g/mol. The highest BCUT2D eigenvalue weighted by Crippen LogP contribution is 2.31. The van der Waals surface area contributed by atoms with Gasteiger partial charge in [-0.3, -0.25) is 4.79 Å². The molecular formula is C20H26N2O4S2. The van der Waals surface area contributed by atoms with Crippen LogP contribution in [0.25, 0.3) is 0 Å². The highest BCUT2D eigenvalue weighted by molar-refractivity contribution is 7.89. The van der Waals surface area contributed by atoms with Gasteiger partial charge in [-0.25, -0.2) is 8.42 Å². The molecule has 1 aromatic carbocycles. The smallest absolute Gasteiger partial charge is 0.246 e. The van der Waals surface area contributed by atoms with Gasteiger partial charge in [-0.2, -0.15) is 15.6 Å². The van der Waals surface area contributed by atoms with Crippen LogP contribution in [0.3, 0.4) is 0 Å². The van der Waals surface area contributed by atoms with Crippen molar-refractivity contribution < 1.29 is 17.9 Å². The molecule has 0 saturated carbocycles. The molecule has 6 nitrogen and oxygen atoms in total. The summed E-state index contributed by atoms with van der Waals surface area (Å²) in [6.07, 6.45) is 3.78. The summed E-state index contributed by atoms with van der Waals surface area (Å²) in [7, 11) is -3.66. The summed E-state index contributed by atoms with van der Waals surface area (Å²) in [6, 6.07) is 6.81. The van der Waals surface area contributed by atoms with Gasteiger partial charge in [0.1, 0.15) is 10.6 Å². The predicted molar refractivity (Wildman–Crippen MR) is 111 cm³/mol. The molecule has 0 atom stereocenters. The topological polar surface area (TPSA) is 75.7 Å². The van der Waals surface area contributed by atoms with E-state index >= 15 is 0 Å². The maximum Gasteiger partial charge on any atom is 0.246 e. The minimum absolute atomic E-state index is 0.117. The summed E-state index contributed by atoms with van der Waals surface area (Å²) >= 11 is 1.60. The number of nitrogens with zero attached hydrogens (tertiary/aromatic N) is 1. The molecule has 1 fully saturated rings. The molecule has 28 heavy (non-hydrogen) atoms. The zero-order valence-corrected chi connectivity index (χ0v) is 17.7. The second kappa shape index (κ2) is 9.54. The van der Waals surface area contributed by atoms with Gasteiger partial charge in [-0.15, -0.1) is 0 Å². The van der Waals surface area contributed by atoms with Crippen LogP contribution in [0.15, 0.2) is 39.9 Å². The zero-order valence-electron chi connectivity index (χ0n) is 16.0. The minimum Gasteiger partial charge on any atom is -0.492 e. The van der Waals surface area contributed by atoms with Crippen molar-refractivity contribution in [1.29, 1.82) is 0 Å². The second-order valence-electron chi connectivity index (χ2n) is 6.74. The molecule has 1 N–H and O–H groups in total. The van der Waals surface area contributed by atoms with E-state index in [1.165, 1.54) is 10.4 Å². The van der Waals surface area contributed by atoms with Gasteiger partial charge in [0.2, 0.25) is 15.9 Å². The van der Waals surface area contributed by atoms with Gasteiger partial charge in [0.25, 0.3) is 0 Å². The average Bonchev–Trinajstić information content (AvgIpc) is 3.22. The normalized spacial score (nSPS) is 15.3. The summed E-state index contributed by atoms with van der Waals surface area (Å²) in [4.78, 5) is 12.4. The molecule has 1 saturated heterocycles. The van der Waals surface area contributed by atoms with Gasteiger partial charge in [0.15, 0.2) is 0 Å². The molecule has 1 aromatic heterocycles. The first-order chi connectivity index (χ1) is 13.5. The van der Waals surface area contributed by atoms with E-state index in [-0.39, 0.29) is 10.8 Å². The van der Waals surface area contributed by atoms with E-state index in [1.54, 1.807) is 23.5 Å². The van der Waals surface area contributed by atoms with E-state index in [0.717, 1.165) is 24.8 Å². The maximum absolute atomic E-state index is 13.1. The van der Waals surface area contributed by atoms with Crippen LogP contribution in [0.2, 0.25) is 0 Å². The molecular weight excluding hydrogens is 396 g/mol. The lowest BCUT2D eigenvalue weighted by molar-refractivity contribution is -0.116. The molecule has 8 heteroatoms. The van der Waals surface area contributed by atoms with E-state index in [0.29, 0.717) is 44.0 Å². The largest absolute Gasteiger partial charge is 0.492 e. The van der Waals surface area contributed by atoms with Crippen molar-refractivity contribution in [3.8, 4) is 5.75 Å². The lowest BCUT2D eigenvalue weighted by atomic mass is 10.2. The fourth-order valence-electron chi connectivity index (χ4n) is 3.22. The van der Waals surface area contributed by atoms with E-state index in [4.69, 9.17) is 4.74 Å². The number of hydrogen-bond donors (Lipinski definition) is 1. The Bertz CT molecular complexity index is 889. The Morgan fingerprint density at radius 1 is 1.21 bits per heavy atom. The summed E-state index contributed by atoms with van der Waals surface area (Å²) in [6.45, 7) is 3.22. The van der Waals surface area contributed by atoms with Crippen LogP contribution in [0.1, 0.15) is 38.2 Å². The fraction of sp³-hybridized carbons (Fsp3) is 0.450. The molecule has 2 heterocycles. The molecule has 1 amide bonds. The van der Waals surface area contributed by atoms with E-state index in [2.05, 4.69) is 5.32 Å². The van der Waals surface area contributed by atoms with Gasteiger partial charge < -0.3 is 10.1 Å². The maximum atomic E-state index is 13.1. The van der Waals surface area contributed by atoms with E-state index < -0.39 is 10.0 Å². The fourth-order valence-corrected chi connectivity index (χ4v) is 5.60. The number of carbonyl (C=O) groups excluding carboxylic acids is 1. The summed E-state index contributed by atoms with van der Waals surface area (Å²) < 4.78 is 33.3. The molecule has 0 bridgehead atoms. The number of nitrogens with one attached hydrogen (secondary N) is 1. The standard InChI is InChI=1S/C20H26N2O4S2/c1-2-26-18-8-7-17(21-20(23)9-6-16-10-13-27-15-16)14-19(18)28(24,25)22-11-4-3-5-12-22/h7-8,10,13-15H,2-6,9,11-12H2,1H3,(H,21,23). The predicted octanol–water partition coefficient (Wildman–Crippen LogP) is 3.89. The molecule has 152 valence electrons. The third-order valence-electron chi connectivity index (χ3n) is 4.68. The van der Waals surface area contributed by atoms with Crippen molar-refractivity contribution >= 4 is 33.0 Å². The van der Waals surface area contributed by atoms with Gasteiger partial charge in [0, 0.05) is 25.2 Å². The number of hydrogen-bond acceptors (Lipinski definition) is 5. The molecule has 0 spiro atoms. The van der Waals surface area contributed by atoms with Crippen LogP contribution in [0.5, 0.6) is 5.75 Å². The second-order valence-corrected chi connectivity index (χ2v) is 9.43. The van der Waals surface area contributed by atoms with Crippen LogP contribution in [0.4, 0.5) is 5.69 Å². The Morgan fingerprint density at radius 2 is 2.00 bits per heavy atom. The first-order valence-electron chi connectivity index (χ1n) is 9.58. The monoisotopic (exact) mass is 422 g/mol. The number of aryl methyl sites for hydroxylation is 1. The van der Waals surface area contributed by atoms with Crippen LogP contribution < -0.4 is 10.1 Å². The Hall–Kier alpha value is -1.90. The van der Waals surface area contributed by atoms with E-state index in [1.807, 2.05) is 23.8 Å². The quantitative estimate of drug-likeness (QED) is 0.700. The highest BCUT2D eigenvalue weighted by Gasteiger charge is 2.29. The Balaban J connectivity index is 1.77. The number of thiophene rings is 1. The third kappa shape index (κ3) is 5.12. The van der Waals surface area contributed by atoms with Crippen LogP contribution in [0, 0.1) is 0 Å². The third-order valence-corrected chi connectivity index (χ3v) is 7.33. The van der Waals surface area contributed by atoms with Crippen molar-refractivity contribution in [2.75, 3.05) is 25.0 Å². The molecule has 1 aliphatic heterocycles. The van der Waals surface area contributed by atoms with Gasteiger partial charge in [-0.05, 0) is 66.8 Å². The number of carbonyl (C=O) groups is 1. The van der Waals surface area contributed by atoms with E-state index in [9.17, 15) is 13.2 Å². The molecule has 1 aliphatic rings. The van der Waals surface area contributed by atoms with Crippen molar-refractivity contribution in [2.24, 2.45) is 0 Å². The SMILES string of the molecule is CCOc1ccc(NC(=O)CCc2ccsc2)cc1S(=O)(=O)N1CCCCC1. The lowest BCUT2D eigenvalue weighted by Crippen LogP contribution is -2.35. The number of amides is 1. The molecule has 0 radical (unpaired) electrons. The lowest BCUT2D eigenvalue weighted by Gasteiger charge is -2.27. The first-order valence-corrected chi connectivity index (χ1v) is 12.0. The van der Waals surface area contributed by atoms with Gasteiger partial charge in [0.05, 0.1) is 6.61 Å². The molecule has 0 unspecified atom stereocenters. The minimum atomic E-state index is -3.66. The Labute approximate surface area is 170 Å². The number of benzene rings is 1. The van der Waals surface area contributed by atoms with Crippen LogP contribution >= 0.6 is 11.3 Å². The number of rotatable bonds is 8. The van der Waals surface area contributed by atoms with Crippen LogP contribution in [-0.2, 0) is 21.2 Å². The van der Waals surface area contributed by atoms with Crippen molar-refractivity contribution in [1.82, 2.24) is 4.31 Å². The molecule has 2 aromatic rings. The van der Waals surface area contributed by atoms with Crippen molar-refractivity contribution in [3.63, 3.8) is 0 Å². The zero-order chi connectivity index (χ0) is 20.0. The highest BCUT2D eigenvalue weighted by atomic mass is 32.2. The first kappa shape index (κ1) is 20.8. The summed E-state index contributed by atoms with van der Waals surface area (Å²) in [5.41, 5.74) is 1.59. The number of ether oxygens (including phenoxy) is 1.